The van der Waals surface area contributed by atoms with Crippen molar-refractivity contribution in [2.24, 2.45) is 11.3 Å². The molecule has 0 rings (SSSR count). The van der Waals surface area contributed by atoms with E-state index in [-0.39, 0.29) is 30.5 Å². The summed E-state index contributed by atoms with van der Waals surface area (Å²) in [5, 5.41) is 15.2. The molecule has 0 aromatic carbocycles. The van der Waals surface area contributed by atoms with Gasteiger partial charge >= 0.3 is 5.97 Å². The fourth-order valence-electron chi connectivity index (χ4n) is 0.454. The molecule has 0 aliphatic carbocycles. The number of carbonyl (C=O) groups is 1. The highest BCUT2D eigenvalue weighted by molar-refractivity contribution is 5.71. The Morgan fingerprint density at radius 2 is 1.60 bits per heavy atom. The van der Waals surface area contributed by atoms with Gasteiger partial charge < -0.3 is 14.9 Å². The van der Waals surface area contributed by atoms with Crippen molar-refractivity contribution in [3.63, 3.8) is 0 Å². The van der Waals surface area contributed by atoms with Crippen molar-refractivity contribution in [2.75, 3.05) is 19.8 Å². The minimum Gasteiger partial charge on any atom is -0.465 e. The third-order valence-electron chi connectivity index (χ3n) is 1.22. The SMILES string of the molecule is CC(C)C(=O)OCC(C)(C)C.OCCO. The number of esters is 1. The number of aliphatic hydroxyl groups excluding tert-OH is 2. The van der Waals surface area contributed by atoms with E-state index < -0.39 is 0 Å². The minimum atomic E-state index is -0.125. The molecule has 0 aromatic heterocycles. The monoisotopic (exact) mass is 220 g/mol. The number of rotatable bonds is 3. The Bertz CT molecular complexity index is 156. The Kier molecular flexibility index (Phi) is 9.72. The number of ether oxygens (including phenoxy) is 1. The normalized spacial score (nSPS) is 10.7. The maximum absolute atomic E-state index is 11.0. The lowest BCUT2D eigenvalue weighted by atomic mass is 9.99. The molecule has 0 aliphatic heterocycles. The van der Waals surface area contributed by atoms with E-state index in [1.165, 1.54) is 0 Å². The summed E-state index contributed by atoms with van der Waals surface area (Å²) in [5.74, 6) is -0.128. The first-order chi connectivity index (χ1) is 6.74. The molecular weight excluding hydrogens is 196 g/mol. The summed E-state index contributed by atoms with van der Waals surface area (Å²) >= 11 is 0. The Labute approximate surface area is 92.3 Å². The topological polar surface area (TPSA) is 66.8 Å². The molecule has 0 heterocycles. The third-order valence-corrected chi connectivity index (χ3v) is 1.22. The Morgan fingerprint density at radius 1 is 1.20 bits per heavy atom. The highest BCUT2D eigenvalue weighted by Gasteiger charge is 2.15. The number of hydrogen-bond donors (Lipinski definition) is 2. The van der Waals surface area contributed by atoms with Gasteiger partial charge in [-0.15, -0.1) is 0 Å². The van der Waals surface area contributed by atoms with Gasteiger partial charge in [0.1, 0.15) is 0 Å². The fourth-order valence-corrected chi connectivity index (χ4v) is 0.454. The number of hydrogen-bond acceptors (Lipinski definition) is 4. The second kappa shape index (κ2) is 8.68. The maximum Gasteiger partial charge on any atom is 0.308 e. The molecule has 0 bridgehead atoms. The van der Waals surface area contributed by atoms with Crippen LogP contribution in [0.25, 0.3) is 0 Å². The summed E-state index contributed by atoms with van der Waals surface area (Å²) in [7, 11) is 0. The molecule has 0 saturated carbocycles. The van der Waals surface area contributed by atoms with Gasteiger partial charge in [-0.05, 0) is 5.41 Å². The quantitative estimate of drug-likeness (QED) is 0.701. The van der Waals surface area contributed by atoms with Crippen molar-refractivity contribution in [1.29, 1.82) is 0 Å². The van der Waals surface area contributed by atoms with E-state index >= 15 is 0 Å². The molecule has 92 valence electrons. The zero-order valence-corrected chi connectivity index (χ0v) is 10.4. The molecule has 0 aliphatic rings. The van der Waals surface area contributed by atoms with Crippen molar-refractivity contribution >= 4 is 5.97 Å². The summed E-state index contributed by atoms with van der Waals surface area (Å²) in [6.45, 7) is 10.1. The first-order valence-electron chi connectivity index (χ1n) is 5.13. The van der Waals surface area contributed by atoms with E-state index in [0.29, 0.717) is 6.61 Å². The lowest BCUT2D eigenvalue weighted by molar-refractivity contribution is -0.150. The zero-order chi connectivity index (χ0) is 12.5. The molecule has 0 spiro atoms. The van der Waals surface area contributed by atoms with E-state index in [1.54, 1.807) is 0 Å². The second-order valence-electron chi connectivity index (χ2n) is 4.77. The lowest BCUT2D eigenvalue weighted by Crippen LogP contribution is -2.20. The van der Waals surface area contributed by atoms with Crippen molar-refractivity contribution in [3.05, 3.63) is 0 Å². The average Bonchev–Trinajstić information content (AvgIpc) is 2.13. The maximum atomic E-state index is 11.0. The number of carbonyl (C=O) groups excluding carboxylic acids is 1. The summed E-state index contributed by atoms with van der Waals surface area (Å²) in [6, 6.07) is 0. The molecular formula is C11H24O4. The van der Waals surface area contributed by atoms with E-state index in [9.17, 15) is 4.79 Å². The molecule has 0 saturated heterocycles. The van der Waals surface area contributed by atoms with Crippen molar-refractivity contribution in [3.8, 4) is 0 Å². The van der Waals surface area contributed by atoms with Crippen molar-refractivity contribution < 1.29 is 19.7 Å². The van der Waals surface area contributed by atoms with Gasteiger partial charge in [0.15, 0.2) is 0 Å². The molecule has 2 N–H and O–H groups in total. The average molecular weight is 220 g/mol. The smallest absolute Gasteiger partial charge is 0.308 e. The molecule has 0 unspecified atom stereocenters. The van der Waals surface area contributed by atoms with Crippen LogP contribution in [-0.4, -0.2) is 36.0 Å². The van der Waals surface area contributed by atoms with Gasteiger partial charge in [0.25, 0.3) is 0 Å². The Morgan fingerprint density at radius 3 is 1.80 bits per heavy atom. The molecule has 4 heteroatoms. The van der Waals surface area contributed by atoms with Crippen LogP contribution in [0.1, 0.15) is 34.6 Å². The standard InChI is InChI=1S/C9H18O2.C2H6O2/c1-7(2)8(10)11-6-9(3,4)5;3-1-2-4/h7H,6H2,1-5H3;3-4H,1-2H2. The Balaban J connectivity index is 0. The molecule has 4 nitrogen and oxygen atoms in total. The van der Waals surface area contributed by atoms with E-state index in [4.69, 9.17) is 14.9 Å². The zero-order valence-electron chi connectivity index (χ0n) is 10.4. The molecule has 0 fully saturated rings. The third kappa shape index (κ3) is 16.1. The van der Waals surface area contributed by atoms with Crippen LogP contribution in [0, 0.1) is 11.3 Å². The predicted molar refractivity (Wildman–Crippen MR) is 59.4 cm³/mol. The van der Waals surface area contributed by atoms with Gasteiger partial charge in [0.2, 0.25) is 0 Å². The van der Waals surface area contributed by atoms with Gasteiger partial charge in [-0.2, -0.15) is 0 Å². The minimum absolute atomic E-state index is 0.0163. The highest BCUT2D eigenvalue weighted by atomic mass is 16.5. The predicted octanol–water partition coefficient (Wildman–Crippen LogP) is 1.20. The van der Waals surface area contributed by atoms with Gasteiger partial charge in [-0.3, -0.25) is 4.79 Å². The summed E-state index contributed by atoms with van der Waals surface area (Å²) in [6.07, 6.45) is 0. The highest BCUT2D eigenvalue weighted by Crippen LogP contribution is 2.13. The van der Waals surface area contributed by atoms with Crippen molar-refractivity contribution in [2.45, 2.75) is 34.6 Å². The fraction of sp³-hybridized carbons (Fsp3) is 0.909. The van der Waals surface area contributed by atoms with Gasteiger partial charge in [0, 0.05) is 0 Å². The van der Waals surface area contributed by atoms with Gasteiger partial charge in [-0.1, -0.05) is 34.6 Å². The molecule has 0 radical (unpaired) electrons. The van der Waals surface area contributed by atoms with Crippen LogP contribution >= 0.6 is 0 Å². The van der Waals surface area contributed by atoms with Gasteiger partial charge in [0.05, 0.1) is 25.7 Å². The van der Waals surface area contributed by atoms with E-state index in [2.05, 4.69) is 0 Å². The van der Waals surface area contributed by atoms with E-state index in [1.807, 2.05) is 34.6 Å². The van der Waals surface area contributed by atoms with Crippen LogP contribution in [0.3, 0.4) is 0 Å². The Hall–Kier alpha value is -0.610. The summed E-state index contributed by atoms with van der Waals surface area (Å²) in [4.78, 5) is 11.0. The molecule has 0 aromatic rings. The van der Waals surface area contributed by atoms with Crippen LogP contribution in [0.15, 0.2) is 0 Å². The van der Waals surface area contributed by atoms with Crippen LogP contribution < -0.4 is 0 Å². The molecule has 15 heavy (non-hydrogen) atoms. The molecule has 0 atom stereocenters. The first kappa shape index (κ1) is 16.8. The van der Waals surface area contributed by atoms with Crippen LogP contribution in [0.5, 0.6) is 0 Å². The van der Waals surface area contributed by atoms with Gasteiger partial charge in [-0.25, -0.2) is 0 Å². The lowest BCUT2D eigenvalue weighted by Gasteiger charge is -2.18. The molecule has 0 amide bonds. The summed E-state index contributed by atoms with van der Waals surface area (Å²) in [5.41, 5.74) is 0.0740. The summed E-state index contributed by atoms with van der Waals surface area (Å²) < 4.78 is 5.03. The van der Waals surface area contributed by atoms with Crippen molar-refractivity contribution in [1.82, 2.24) is 0 Å². The van der Waals surface area contributed by atoms with Crippen LogP contribution in [0.4, 0.5) is 0 Å². The van der Waals surface area contributed by atoms with E-state index in [0.717, 1.165) is 0 Å². The van der Waals surface area contributed by atoms with Crippen LogP contribution in [-0.2, 0) is 9.53 Å². The van der Waals surface area contributed by atoms with Crippen LogP contribution in [0.2, 0.25) is 0 Å². The first-order valence-corrected chi connectivity index (χ1v) is 5.13. The largest absolute Gasteiger partial charge is 0.465 e. The second-order valence-corrected chi connectivity index (χ2v) is 4.77. The number of aliphatic hydroxyl groups is 2.